The highest BCUT2D eigenvalue weighted by Crippen LogP contribution is 2.23. The lowest BCUT2D eigenvalue weighted by Gasteiger charge is -2.17. The summed E-state index contributed by atoms with van der Waals surface area (Å²) < 4.78 is 5.16. The SMILES string of the molecule is C=COc1cnc(C(C)(C)C)nc1C=C. The van der Waals surface area contributed by atoms with Gasteiger partial charge in [0.2, 0.25) is 0 Å². The molecule has 0 aliphatic heterocycles. The lowest BCUT2D eigenvalue weighted by molar-refractivity contribution is 0.468. The summed E-state index contributed by atoms with van der Waals surface area (Å²) in [5.41, 5.74) is 0.611. The molecular formula is C12H16N2O. The Morgan fingerprint density at radius 3 is 2.47 bits per heavy atom. The van der Waals surface area contributed by atoms with Crippen molar-refractivity contribution in [2.45, 2.75) is 26.2 Å². The Labute approximate surface area is 90.5 Å². The maximum absolute atomic E-state index is 5.16. The molecule has 0 N–H and O–H groups in total. The minimum absolute atomic E-state index is 0.0789. The fraction of sp³-hybridized carbons (Fsp3) is 0.333. The van der Waals surface area contributed by atoms with E-state index in [1.807, 2.05) is 0 Å². The Bertz CT molecular complexity index is 378. The van der Waals surface area contributed by atoms with Crippen LogP contribution in [-0.2, 0) is 5.41 Å². The van der Waals surface area contributed by atoms with Gasteiger partial charge >= 0.3 is 0 Å². The van der Waals surface area contributed by atoms with Gasteiger partial charge in [-0.3, -0.25) is 0 Å². The van der Waals surface area contributed by atoms with Gasteiger partial charge in [0.15, 0.2) is 5.75 Å². The number of aromatic nitrogens is 2. The van der Waals surface area contributed by atoms with Crippen LogP contribution >= 0.6 is 0 Å². The van der Waals surface area contributed by atoms with Crippen LogP contribution < -0.4 is 4.74 Å². The van der Waals surface area contributed by atoms with Crippen LogP contribution in [0.1, 0.15) is 32.3 Å². The summed E-state index contributed by atoms with van der Waals surface area (Å²) >= 11 is 0. The molecule has 0 bridgehead atoms. The van der Waals surface area contributed by atoms with E-state index in [0.717, 1.165) is 5.82 Å². The lowest BCUT2D eigenvalue weighted by Crippen LogP contribution is -2.16. The molecular weight excluding hydrogens is 188 g/mol. The normalized spacial score (nSPS) is 10.9. The molecule has 0 fully saturated rings. The maximum atomic E-state index is 5.16. The molecule has 0 saturated carbocycles. The van der Waals surface area contributed by atoms with E-state index in [9.17, 15) is 0 Å². The first-order chi connectivity index (χ1) is 6.99. The standard InChI is InChI=1S/C12H16N2O/c1-6-9-10(15-7-2)8-13-11(14-9)12(3,4)5/h6-8H,1-2H2,3-5H3. The fourth-order valence-electron chi connectivity index (χ4n) is 1.07. The van der Waals surface area contributed by atoms with E-state index < -0.39 is 0 Å². The van der Waals surface area contributed by atoms with Crippen molar-refractivity contribution in [3.8, 4) is 5.75 Å². The largest absolute Gasteiger partial charge is 0.462 e. The van der Waals surface area contributed by atoms with E-state index in [0.29, 0.717) is 11.4 Å². The summed E-state index contributed by atoms with van der Waals surface area (Å²) in [5, 5.41) is 0. The van der Waals surface area contributed by atoms with E-state index in [-0.39, 0.29) is 5.41 Å². The Kier molecular flexibility index (Phi) is 3.24. The number of ether oxygens (including phenoxy) is 1. The van der Waals surface area contributed by atoms with Crippen LogP contribution in [-0.4, -0.2) is 9.97 Å². The zero-order valence-corrected chi connectivity index (χ0v) is 9.45. The van der Waals surface area contributed by atoms with Gasteiger partial charge in [0, 0.05) is 5.41 Å². The molecule has 1 aromatic rings. The summed E-state index contributed by atoms with van der Waals surface area (Å²) in [4.78, 5) is 8.62. The molecule has 0 aliphatic rings. The zero-order valence-electron chi connectivity index (χ0n) is 9.45. The first-order valence-corrected chi connectivity index (χ1v) is 4.76. The molecule has 0 unspecified atom stereocenters. The van der Waals surface area contributed by atoms with Crippen molar-refractivity contribution in [3.63, 3.8) is 0 Å². The topological polar surface area (TPSA) is 35.0 Å². The van der Waals surface area contributed by atoms with Crippen molar-refractivity contribution in [1.82, 2.24) is 9.97 Å². The predicted molar refractivity (Wildman–Crippen MR) is 61.6 cm³/mol. The fourth-order valence-corrected chi connectivity index (χ4v) is 1.07. The third-order valence-corrected chi connectivity index (χ3v) is 1.86. The molecule has 0 atom stereocenters. The van der Waals surface area contributed by atoms with Gasteiger partial charge in [-0.05, 0) is 6.08 Å². The summed E-state index contributed by atoms with van der Waals surface area (Å²) in [6.07, 6.45) is 4.64. The van der Waals surface area contributed by atoms with Gasteiger partial charge in [-0.15, -0.1) is 0 Å². The van der Waals surface area contributed by atoms with Crippen molar-refractivity contribution >= 4 is 6.08 Å². The van der Waals surface area contributed by atoms with E-state index in [1.165, 1.54) is 6.26 Å². The van der Waals surface area contributed by atoms with Gasteiger partial charge in [0.05, 0.1) is 12.5 Å². The number of rotatable bonds is 3. The molecule has 3 heteroatoms. The summed E-state index contributed by atoms with van der Waals surface area (Å²) in [5.74, 6) is 1.35. The van der Waals surface area contributed by atoms with Gasteiger partial charge in [-0.25, -0.2) is 9.97 Å². The Morgan fingerprint density at radius 2 is 2.00 bits per heavy atom. The van der Waals surface area contributed by atoms with Gasteiger partial charge < -0.3 is 4.74 Å². The first kappa shape index (κ1) is 11.4. The Balaban J connectivity index is 3.18. The summed E-state index contributed by atoms with van der Waals surface area (Å²) in [6.45, 7) is 13.4. The molecule has 1 heterocycles. The Morgan fingerprint density at radius 1 is 1.33 bits per heavy atom. The molecule has 15 heavy (non-hydrogen) atoms. The van der Waals surface area contributed by atoms with Crippen LogP contribution in [0.3, 0.4) is 0 Å². The molecule has 0 aromatic carbocycles. The lowest BCUT2D eigenvalue weighted by atomic mass is 9.95. The molecule has 0 amide bonds. The average Bonchev–Trinajstić information content (AvgIpc) is 2.17. The van der Waals surface area contributed by atoms with Gasteiger partial charge in [-0.2, -0.15) is 0 Å². The number of nitrogens with zero attached hydrogens (tertiary/aromatic N) is 2. The third-order valence-electron chi connectivity index (χ3n) is 1.86. The quantitative estimate of drug-likeness (QED) is 0.710. The minimum Gasteiger partial charge on any atom is -0.462 e. The zero-order chi connectivity index (χ0) is 11.5. The molecule has 3 nitrogen and oxygen atoms in total. The number of hydrogen-bond donors (Lipinski definition) is 0. The van der Waals surface area contributed by atoms with Crippen LogP contribution in [0.15, 0.2) is 25.6 Å². The highest BCUT2D eigenvalue weighted by atomic mass is 16.5. The summed E-state index contributed by atoms with van der Waals surface area (Å²) in [7, 11) is 0. The third kappa shape index (κ3) is 2.65. The van der Waals surface area contributed by atoms with Gasteiger partial charge in [-0.1, -0.05) is 33.9 Å². The van der Waals surface area contributed by atoms with E-state index in [4.69, 9.17) is 4.74 Å². The smallest absolute Gasteiger partial charge is 0.170 e. The van der Waals surface area contributed by atoms with Gasteiger partial charge in [0.25, 0.3) is 0 Å². The monoisotopic (exact) mass is 204 g/mol. The second-order valence-electron chi connectivity index (χ2n) is 4.18. The van der Waals surface area contributed by atoms with Crippen molar-refractivity contribution < 1.29 is 4.74 Å². The van der Waals surface area contributed by atoms with Crippen LogP contribution in [0.4, 0.5) is 0 Å². The minimum atomic E-state index is -0.0789. The van der Waals surface area contributed by atoms with Crippen LogP contribution in [0.2, 0.25) is 0 Å². The molecule has 0 spiro atoms. The van der Waals surface area contributed by atoms with Crippen LogP contribution in [0, 0.1) is 0 Å². The summed E-state index contributed by atoms with van der Waals surface area (Å²) in [6, 6.07) is 0. The van der Waals surface area contributed by atoms with Gasteiger partial charge in [0.1, 0.15) is 11.5 Å². The molecule has 80 valence electrons. The van der Waals surface area contributed by atoms with Crippen molar-refractivity contribution in [2.75, 3.05) is 0 Å². The second kappa shape index (κ2) is 4.26. The van der Waals surface area contributed by atoms with Crippen molar-refractivity contribution in [3.05, 3.63) is 37.1 Å². The second-order valence-corrected chi connectivity index (χ2v) is 4.18. The first-order valence-electron chi connectivity index (χ1n) is 4.76. The van der Waals surface area contributed by atoms with E-state index in [2.05, 4.69) is 43.9 Å². The molecule has 1 aromatic heterocycles. The van der Waals surface area contributed by atoms with E-state index >= 15 is 0 Å². The highest BCUT2D eigenvalue weighted by molar-refractivity contribution is 5.50. The Hall–Kier alpha value is -1.64. The van der Waals surface area contributed by atoms with Crippen molar-refractivity contribution in [1.29, 1.82) is 0 Å². The average molecular weight is 204 g/mol. The molecule has 0 radical (unpaired) electrons. The molecule has 0 saturated heterocycles. The number of hydrogen-bond acceptors (Lipinski definition) is 3. The molecule has 0 aliphatic carbocycles. The predicted octanol–water partition coefficient (Wildman–Crippen LogP) is 2.94. The maximum Gasteiger partial charge on any atom is 0.170 e. The van der Waals surface area contributed by atoms with Crippen LogP contribution in [0.25, 0.3) is 6.08 Å². The van der Waals surface area contributed by atoms with Crippen molar-refractivity contribution in [2.24, 2.45) is 0 Å². The highest BCUT2D eigenvalue weighted by Gasteiger charge is 2.18. The van der Waals surface area contributed by atoms with E-state index in [1.54, 1.807) is 12.3 Å². The molecule has 1 rings (SSSR count). The van der Waals surface area contributed by atoms with Crippen LogP contribution in [0.5, 0.6) is 5.75 Å².